The Hall–Kier alpha value is -2.69. The molecule has 0 aliphatic heterocycles. The molecule has 122 valence electrons. The summed E-state index contributed by atoms with van der Waals surface area (Å²) < 4.78 is 29.7. The monoisotopic (exact) mass is 317 g/mol. The first-order valence-corrected chi connectivity index (χ1v) is 7.21. The minimum Gasteiger partial charge on any atom is -0.494 e. The second-order valence-electron chi connectivity index (χ2n) is 4.73. The van der Waals surface area contributed by atoms with E-state index in [9.17, 15) is 4.39 Å². The van der Waals surface area contributed by atoms with Gasteiger partial charge in [-0.3, -0.25) is 0 Å². The second-order valence-corrected chi connectivity index (χ2v) is 4.73. The third kappa shape index (κ3) is 3.56. The zero-order chi connectivity index (χ0) is 16.8. The van der Waals surface area contributed by atoms with Crippen LogP contribution >= 0.6 is 0 Å². The van der Waals surface area contributed by atoms with Gasteiger partial charge < -0.3 is 19.9 Å². The lowest BCUT2D eigenvalue weighted by Gasteiger charge is -2.14. The predicted molar refractivity (Wildman–Crippen MR) is 88.4 cm³/mol. The molecule has 0 heterocycles. The van der Waals surface area contributed by atoms with Gasteiger partial charge in [-0.15, -0.1) is 0 Å². The van der Waals surface area contributed by atoms with Gasteiger partial charge in [0.15, 0.2) is 23.1 Å². The fourth-order valence-electron chi connectivity index (χ4n) is 2.31. The Kier molecular flexibility index (Phi) is 5.46. The van der Waals surface area contributed by atoms with Crippen molar-refractivity contribution in [1.29, 1.82) is 0 Å². The standard InChI is InChI=1S/C18H20FNO3/c1-4-23-18-10-13(6-8-17(18)22-3)14(11-20)12-5-7-16(21-2)15(19)9-12/h5-11H,4,20H2,1-3H3. The van der Waals surface area contributed by atoms with E-state index in [0.717, 1.165) is 5.56 Å². The Morgan fingerprint density at radius 2 is 1.61 bits per heavy atom. The second kappa shape index (κ2) is 7.54. The number of ether oxygens (including phenoxy) is 3. The molecule has 0 bridgehead atoms. The van der Waals surface area contributed by atoms with Crippen molar-refractivity contribution in [3.8, 4) is 17.2 Å². The fourth-order valence-corrected chi connectivity index (χ4v) is 2.31. The molecule has 2 rings (SSSR count). The highest BCUT2D eigenvalue weighted by Crippen LogP contribution is 2.33. The van der Waals surface area contributed by atoms with Crippen molar-refractivity contribution < 1.29 is 18.6 Å². The van der Waals surface area contributed by atoms with Crippen LogP contribution in [0.25, 0.3) is 5.57 Å². The summed E-state index contributed by atoms with van der Waals surface area (Å²) in [5.41, 5.74) is 7.91. The van der Waals surface area contributed by atoms with Crippen molar-refractivity contribution in [2.45, 2.75) is 6.92 Å². The zero-order valence-electron chi connectivity index (χ0n) is 13.4. The quantitative estimate of drug-likeness (QED) is 0.884. The summed E-state index contributed by atoms with van der Waals surface area (Å²) in [4.78, 5) is 0. The van der Waals surface area contributed by atoms with Crippen LogP contribution in [0.4, 0.5) is 4.39 Å². The molecule has 4 nitrogen and oxygen atoms in total. The first-order valence-electron chi connectivity index (χ1n) is 7.21. The molecule has 0 saturated heterocycles. The summed E-state index contributed by atoms with van der Waals surface area (Å²) in [5.74, 6) is 0.992. The van der Waals surface area contributed by atoms with Gasteiger partial charge in [-0.05, 0) is 42.3 Å². The van der Waals surface area contributed by atoms with Crippen LogP contribution in [0, 0.1) is 5.82 Å². The van der Waals surface area contributed by atoms with Gasteiger partial charge in [0.25, 0.3) is 0 Å². The molecule has 2 aromatic rings. The molecule has 2 aromatic carbocycles. The Morgan fingerprint density at radius 1 is 1.00 bits per heavy atom. The Balaban J connectivity index is 2.45. The fraction of sp³-hybridized carbons (Fsp3) is 0.222. The van der Waals surface area contributed by atoms with E-state index in [4.69, 9.17) is 19.9 Å². The van der Waals surface area contributed by atoms with Gasteiger partial charge in [-0.2, -0.15) is 0 Å². The van der Waals surface area contributed by atoms with Crippen LogP contribution in [0.3, 0.4) is 0 Å². The number of halogens is 1. The third-order valence-corrected chi connectivity index (χ3v) is 3.40. The number of nitrogens with two attached hydrogens (primary N) is 1. The molecule has 23 heavy (non-hydrogen) atoms. The molecule has 0 fully saturated rings. The van der Waals surface area contributed by atoms with E-state index in [1.165, 1.54) is 19.4 Å². The molecule has 0 aliphatic rings. The van der Waals surface area contributed by atoms with Crippen molar-refractivity contribution in [2.75, 3.05) is 20.8 Å². The van der Waals surface area contributed by atoms with Crippen LogP contribution in [0.1, 0.15) is 18.1 Å². The van der Waals surface area contributed by atoms with Gasteiger partial charge >= 0.3 is 0 Å². The van der Waals surface area contributed by atoms with Crippen molar-refractivity contribution in [3.05, 3.63) is 59.5 Å². The Labute approximate surface area is 135 Å². The van der Waals surface area contributed by atoms with Crippen molar-refractivity contribution in [3.63, 3.8) is 0 Å². The summed E-state index contributed by atoms with van der Waals surface area (Å²) in [6.07, 6.45) is 1.44. The number of hydrogen-bond acceptors (Lipinski definition) is 4. The van der Waals surface area contributed by atoms with E-state index in [0.29, 0.717) is 29.2 Å². The van der Waals surface area contributed by atoms with E-state index in [-0.39, 0.29) is 5.75 Å². The Morgan fingerprint density at radius 3 is 2.13 bits per heavy atom. The van der Waals surface area contributed by atoms with E-state index in [1.807, 2.05) is 19.1 Å². The molecule has 0 aliphatic carbocycles. The van der Waals surface area contributed by atoms with E-state index < -0.39 is 5.82 Å². The molecule has 0 radical (unpaired) electrons. The van der Waals surface area contributed by atoms with Gasteiger partial charge in [0.2, 0.25) is 0 Å². The van der Waals surface area contributed by atoms with Crippen LogP contribution in [0.2, 0.25) is 0 Å². The lowest BCUT2D eigenvalue weighted by Crippen LogP contribution is -1.99. The minimum atomic E-state index is -0.442. The summed E-state index contributed by atoms with van der Waals surface area (Å²) in [5, 5.41) is 0. The maximum absolute atomic E-state index is 13.9. The molecular formula is C18H20FNO3. The summed E-state index contributed by atoms with van der Waals surface area (Å²) in [6, 6.07) is 10.2. The van der Waals surface area contributed by atoms with Gasteiger partial charge in [0.1, 0.15) is 0 Å². The minimum absolute atomic E-state index is 0.190. The highest BCUT2D eigenvalue weighted by Gasteiger charge is 2.12. The molecule has 0 atom stereocenters. The third-order valence-electron chi connectivity index (χ3n) is 3.40. The van der Waals surface area contributed by atoms with E-state index in [1.54, 1.807) is 25.3 Å². The summed E-state index contributed by atoms with van der Waals surface area (Å²) >= 11 is 0. The molecule has 0 saturated carbocycles. The number of rotatable bonds is 6. The van der Waals surface area contributed by atoms with Gasteiger partial charge in [0.05, 0.1) is 20.8 Å². The number of methoxy groups -OCH3 is 2. The van der Waals surface area contributed by atoms with Crippen molar-refractivity contribution in [2.24, 2.45) is 5.73 Å². The average Bonchev–Trinajstić information content (AvgIpc) is 2.56. The van der Waals surface area contributed by atoms with E-state index in [2.05, 4.69) is 0 Å². The smallest absolute Gasteiger partial charge is 0.165 e. The molecule has 0 aromatic heterocycles. The summed E-state index contributed by atoms with van der Waals surface area (Å²) in [7, 11) is 3.01. The first kappa shape index (κ1) is 16.7. The normalized spacial score (nSPS) is 11.2. The molecule has 5 heteroatoms. The van der Waals surface area contributed by atoms with Crippen LogP contribution in [0.5, 0.6) is 17.2 Å². The maximum atomic E-state index is 13.9. The van der Waals surface area contributed by atoms with E-state index >= 15 is 0 Å². The summed E-state index contributed by atoms with van der Waals surface area (Å²) in [6.45, 7) is 2.41. The van der Waals surface area contributed by atoms with Gasteiger partial charge in [0, 0.05) is 11.8 Å². The molecular weight excluding hydrogens is 297 g/mol. The van der Waals surface area contributed by atoms with Crippen molar-refractivity contribution in [1.82, 2.24) is 0 Å². The first-order chi connectivity index (χ1) is 11.1. The van der Waals surface area contributed by atoms with Crippen LogP contribution < -0.4 is 19.9 Å². The van der Waals surface area contributed by atoms with Gasteiger partial charge in [-0.25, -0.2) is 4.39 Å². The highest BCUT2D eigenvalue weighted by molar-refractivity contribution is 5.80. The van der Waals surface area contributed by atoms with Crippen LogP contribution in [-0.4, -0.2) is 20.8 Å². The topological polar surface area (TPSA) is 53.7 Å². The zero-order valence-corrected chi connectivity index (χ0v) is 13.4. The average molecular weight is 317 g/mol. The van der Waals surface area contributed by atoms with Crippen LogP contribution in [0.15, 0.2) is 42.6 Å². The largest absolute Gasteiger partial charge is 0.494 e. The van der Waals surface area contributed by atoms with Crippen molar-refractivity contribution >= 4 is 5.57 Å². The lowest BCUT2D eigenvalue weighted by atomic mass is 9.98. The predicted octanol–water partition coefficient (Wildman–Crippen LogP) is 3.59. The number of hydrogen-bond donors (Lipinski definition) is 1. The SMILES string of the molecule is CCOc1cc(C(=CN)c2ccc(OC)c(F)c2)ccc1OC. The molecule has 0 unspecified atom stereocenters. The Bertz CT molecular complexity index is 713. The highest BCUT2D eigenvalue weighted by atomic mass is 19.1. The number of benzene rings is 2. The van der Waals surface area contributed by atoms with Crippen LogP contribution in [-0.2, 0) is 0 Å². The maximum Gasteiger partial charge on any atom is 0.165 e. The molecule has 0 amide bonds. The van der Waals surface area contributed by atoms with Gasteiger partial charge in [-0.1, -0.05) is 12.1 Å². The molecule has 2 N–H and O–H groups in total. The molecule has 0 spiro atoms. The lowest BCUT2D eigenvalue weighted by molar-refractivity contribution is 0.311.